The molecule has 1 heterocycles. The molecule has 0 aliphatic rings. The molecule has 96 valence electrons. The molecular formula is C11H21N5O. The van der Waals surface area contributed by atoms with Crippen molar-refractivity contribution >= 4 is 11.6 Å². The molecule has 0 unspecified atom stereocenters. The quantitative estimate of drug-likeness (QED) is 0.475. The third kappa shape index (κ3) is 3.28. The predicted octanol–water partition coefficient (Wildman–Crippen LogP) is 0.533. The lowest BCUT2D eigenvalue weighted by atomic mass is 10.1. The van der Waals surface area contributed by atoms with Gasteiger partial charge in [0.05, 0.1) is 6.61 Å². The fourth-order valence-electron chi connectivity index (χ4n) is 1.81. The van der Waals surface area contributed by atoms with E-state index in [2.05, 4.69) is 22.3 Å². The van der Waals surface area contributed by atoms with Crippen LogP contribution in [-0.2, 0) is 6.42 Å². The highest BCUT2D eigenvalue weighted by Crippen LogP contribution is 2.24. The molecule has 0 saturated carbocycles. The van der Waals surface area contributed by atoms with E-state index in [4.69, 9.17) is 10.9 Å². The normalized spacial score (nSPS) is 10.4. The molecule has 1 aromatic rings. The van der Waals surface area contributed by atoms with Gasteiger partial charge in [-0.15, -0.1) is 0 Å². The van der Waals surface area contributed by atoms with E-state index in [9.17, 15) is 0 Å². The smallest absolute Gasteiger partial charge is 0.148 e. The maximum absolute atomic E-state index is 9.05. The molecule has 17 heavy (non-hydrogen) atoms. The van der Waals surface area contributed by atoms with Crippen molar-refractivity contribution in [1.82, 2.24) is 9.97 Å². The molecule has 0 aromatic carbocycles. The number of nitrogens with two attached hydrogens (primary N) is 1. The van der Waals surface area contributed by atoms with Gasteiger partial charge in [0.1, 0.15) is 18.0 Å². The Bertz CT molecular complexity index is 345. The maximum Gasteiger partial charge on any atom is 0.148 e. The Kier molecular flexibility index (Phi) is 5.65. The van der Waals surface area contributed by atoms with Gasteiger partial charge in [-0.25, -0.2) is 15.8 Å². The number of hydrogen-bond donors (Lipinski definition) is 3. The number of hydrogen-bond acceptors (Lipinski definition) is 6. The second kappa shape index (κ2) is 7.03. The van der Waals surface area contributed by atoms with Crippen LogP contribution in [0.5, 0.6) is 0 Å². The van der Waals surface area contributed by atoms with E-state index in [0.29, 0.717) is 12.4 Å². The molecule has 6 heteroatoms. The number of hydrazine groups is 1. The van der Waals surface area contributed by atoms with Gasteiger partial charge < -0.3 is 15.4 Å². The zero-order valence-electron chi connectivity index (χ0n) is 10.5. The lowest BCUT2D eigenvalue weighted by Gasteiger charge is -2.24. The van der Waals surface area contributed by atoms with E-state index < -0.39 is 0 Å². The van der Waals surface area contributed by atoms with Gasteiger partial charge in [-0.2, -0.15) is 0 Å². The van der Waals surface area contributed by atoms with Gasteiger partial charge in [0, 0.05) is 18.7 Å². The fourth-order valence-corrected chi connectivity index (χ4v) is 1.81. The zero-order valence-corrected chi connectivity index (χ0v) is 10.5. The number of nitrogens with one attached hydrogen (secondary N) is 1. The van der Waals surface area contributed by atoms with Crippen molar-refractivity contribution in [2.45, 2.75) is 26.7 Å². The molecule has 1 rings (SSSR count). The van der Waals surface area contributed by atoms with Crippen molar-refractivity contribution in [3.05, 3.63) is 11.9 Å². The van der Waals surface area contributed by atoms with Gasteiger partial charge in [0.2, 0.25) is 0 Å². The monoisotopic (exact) mass is 239 g/mol. The van der Waals surface area contributed by atoms with Crippen molar-refractivity contribution < 1.29 is 5.11 Å². The molecule has 0 atom stereocenters. The second-order valence-corrected chi connectivity index (χ2v) is 3.72. The van der Waals surface area contributed by atoms with Crippen LogP contribution in [-0.4, -0.2) is 34.8 Å². The summed E-state index contributed by atoms with van der Waals surface area (Å²) in [5.41, 5.74) is 3.61. The zero-order chi connectivity index (χ0) is 12.7. The summed E-state index contributed by atoms with van der Waals surface area (Å²) in [5, 5.41) is 9.05. The van der Waals surface area contributed by atoms with Gasteiger partial charge in [-0.3, -0.25) is 0 Å². The molecular weight excluding hydrogens is 218 g/mol. The molecule has 4 N–H and O–H groups in total. The van der Waals surface area contributed by atoms with Crippen molar-refractivity contribution in [2.75, 3.05) is 30.0 Å². The maximum atomic E-state index is 9.05. The van der Waals surface area contributed by atoms with E-state index in [-0.39, 0.29) is 6.61 Å². The molecule has 0 bridgehead atoms. The number of aliphatic hydroxyl groups is 1. The number of rotatable bonds is 7. The Morgan fingerprint density at radius 2 is 2.18 bits per heavy atom. The van der Waals surface area contributed by atoms with Crippen LogP contribution in [0, 0.1) is 0 Å². The van der Waals surface area contributed by atoms with Gasteiger partial charge >= 0.3 is 0 Å². The average molecular weight is 239 g/mol. The molecule has 0 fully saturated rings. The Morgan fingerprint density at radius 1 is 1.41 bits per heavy atom. The summed E-state index contributed by atoms with van der Waals surface area (Å²) in [6, 6.07) is 0. The van der Waals surface area contributed by atoms with E-state index in [0.717, 1.165) is 30.8 Å². The van der Waals surface area contributed by atoms with E-state index in [1.807, 2.05) is 11.8 Å². The first kappa shape index (κ1) is 13.7. The Hall–Kier alpha value is -1.40. The van der Waals surface area contributed by atoms with Gasteiger partial charge in [-0.1, -0.05) is 13.3 Å². The van der Waals surface area contributed by atoms with Crippen LogP contribution in [0.4, 0.5) is 11.6 Å². The highest BCUT2D eigenvalue weighted by molar-refractivity contribution is 5.58. The number of aliphatic hydroxyl groups excluding tert-OH is 1. The first-order chi connectivity index (χ1) is 8.28. The number of nitrogen functional groups attached to an aromatic ring is 1. The first-order valence-electron chi connectivity index (χ1n) is 5.94. The SMILES string of the molecule is CCCc1c(NN)ncnc1N(CC)CCO. The van der Waals surface area contributed by atoms with Crippen molar-refractivity contribution in [2.24, 2.45) is 5.84 Å². The first-order valence-corrected chi connectivity index (χ1v) is 5.94. The largest absolute Gasteiger partial charge is 0.395 e. The van der Waals surface area contributed by atoms with Gasteiger partial charge in [0.25, 0.3) is 0 Å². The molecule has 0 spiro atoms. The van der Waals surface area contributed by atoms with Crippen LogP contribution in [0.25, 0.3) is 0 Å². The molecule has 0 amide bonds. The Labute approximate surface area is 102 Å². The molecule has 0 radical (unpaired) electrons. The number of likely N-dealkylation sites (N-methyl/N-ethyl adjacent to an activating group) is 1. The van der Waals surface area contributed by atoms with Crippen LogP contribution in [0.1, 0.15) is 25.8 Å². The number of aromatic nitrogens is 2. The van der Waals surface area contributed by atoms with Gasteiger partial charge in [0.15, 0.2) is 0 Å². The Morgan fingerprint density at radius 3 is 2.71 bits per heavy atom. The molecule has 0 saturated heterocycles. The standard InChI is InChI=1S/C11H21N5O/c1-3-5-9-10(15-12)13-8-14-11(9)16(4-2)6-7-17/h8,17H,3-7,12H2,1-2H3,(H,13,14,15). The predicted molar refractivity (Wildman–Crippen MR) is 68.8 cm³/mol. The number of anilines is 2. The van der Waals surface area contributed by atoms with Crippen LogP contribution >= 0.6 is 0 Å². The summed E-state index contributed by atoms with van der Waals surface area (Å²) < 4.78 is 0. The van der Waals surface area contributed by atoms with Crippen LogP contribution in [0.2, 0.25) is 0 Å². The highest BCUT2D eigenvalue weighted by atomic mass is 16.3. The van der Waals surface area contributed by atoms with Crippen LogP contribution in [0.15, 0.2) is 6.33 Å². The van der Waals surface area contributed by atoms with Crippen molar-refractivity contribution in [1.29, 1.82) is 0 Å². The Balaban J connectivity index is 3.10. The third-order valence-corrected chi connectivity index (χ3v) is 2.61. The topological polar surface area (TPSA) is 87.3 Å². The van der Waals surface area contributed by atoms with Crippen molar-refractivity contribution in [3.63, 3.8) is 0 Å². The summed E-state index contributed by atoms with van der Waals surface area (Å²) in [4.78, 5) is 10.4. The molecule has 0 aliphatic heterocycles. The summed E-state index contributed by atoms with van der Waals surface area (Å²) in [7, 11) is 0. The lowest BCUT2D eigenvalue weighted by molar-refractivity contribution is 0.302. The van der Waals surface area contributed by atoms with E-state index in [1.54, 1.807) is 0 Å². The lowest BCUT2D eigenvalue weighted by Crippen LogP contribution is -2.29. The summed E-state index contributed by atoms with van der Waals surface area (Å²) >= 11 is 0. The summed E-state index contributed by atoms with van der Waals surface area (Å²) in [6.45, 7) is 5.59. The molecule has 1 aromatic heterocycles. The van der Waals surface area contributed by atoms with Crippen LogP contribution < -0.4 is 16.2 Å². The summed E-state index contributed by atoms with van der Waals surface area (Å²) in [6.07, 6.45) is 3.34. The number of nitrogens with zero attached hydrogens (tertiary/aromatic N) is 3. The third-order valence-electron chi connectivity index (χ3n) is 2.61. The van der Waals surface area contributed by atoms with Gasteiger partial charge in [-0.05, 0) is 13.3 Å². The average Bonchev–Trinajstić information content (AvgIpc) is 2.37. The minimum Gasteiger partial charge on any atom is -0.395 e. The minimum absolute atomic E-state index is 0.106. The highest BCUT2D eigenvalue weighted by Gasteiger charge is 2.14. The molecule has 6 nitrogen and oxygen atoms in total. The second-order valence-electron chi connectivity index (χ2n) is 3.72. The van der Waals surface area contributed by atoms with Crippen molar-refractivity contribution in [3.8, 4) is 0 Å². The fraction of sp³-hybridized carbons (Fsp3) is 0.636. The van der Waals surface area contributed by atoms with E-state index >= 15 is 0 Å². The molecule has 0 aliphatic carbocycles. The minimum atomic E-state index is 0.106. The van der Waals surface area contributed by atoms with E-state index in [1.165, 1.54) is 6.33 Å². The summed E-state index contributed by atoms with van der Waals surface area (Å²) in [5.74, 6) is 6.97. The van der Waals surface area contributed by atoms with Crippen LogP contribution in [0.3, 0.4) is 0 Å².